The summed E-state index contributed by atoms with van der Waals surface area (Å²) in [5, 5.41) is 7.79. The number of rotatable bonds is 12. The van der Waals surface area contributed by atoms with Crippen molar-refractivity contribution in [3.8, 4) is 0 Å². The van der Waals surface area contributed by atoms with Crippen molar-refractivity contribution < 1.29 is 33.5 Å². The Hall–Kier alpha value is -4.34. The van der Waals surface area contributed by atoms with Gasteiger partial charge in [-0.2, -0.15) is 11.8 Å². The van der Waals surface area contributed by atoms with Crippen molar-refractivity contribution in [3.05, 3.63) is 94.1 Å². The largest absolute Gasteiger partial charge is 0.457 e. The lowest BCUT2D eigenvalue weighted by molar-refractivity contribution is -0.167. The molecule has 12 nitrogen and oxygen atoms in total. The number of thioether (sulfide) groups is 2. The third kappa shape index (κ3) is 8.46. The van der Waals surface area contributed by atoms with Gasteiger partial charge in [-0.3, -0.25) is 14.5 Å². The van der Waals surface area contributed by atoms with E-state index in [9.17, 15) is 19.2 Å². The second-order valence-corrected chi connectivity index (χ2v) is 15.0. The quantitative estimate of drug-likeness (QED) is 0.117. The number of nitrogens with zero attached hydrogens (tertiary/aromatic N) is 3. The normalized spacial score (nSPS) is 18.4. The molecule has 1 aromatic heterocycles. The fourth-order valence-electron chi connectivity index (χ4n) is 5.07. The molecule has 3 heterocycles. The van der Waals surface area contributed by atoms with Gasteiger partial charge in [-0.1, -0.05) is 65.8 Å². The third-order valence-corrected chi connectivity index (χ3v) is 9.95. The second-order valence-electron chi connectivity index (χ2n) is 12.1. The molecule has 3 N–H and O–H groups in total. The molecule has 2 aliphatic heterocycles. The number of nitrogens with one attached hydrogen (secondary N) is 1. The van der Waals surface area contributed by atoms with Gasteiger partial charge in [0.05, 0.1) is 0 Å². The van der Waals surface area contributed by atoms with Gasteiger partial charge in [0, 0.05) is 16.9 Å². The molecule has 0 spiro atoms. The van der Waals surface area contributed by atoms with Crippen molar-refractivity contribution in [2.45, 2.75) is 56.9 Å². The van der Waals surface area contributed by atoms with Crippen molar-refractivity contribution in [1.82, 2.24) is 15.2 Å². The number of ether oxygens (including phenoxy) is 2. The Kier molecular flexibility index (Phi) is 11.4. The van der Waals surface area contributed by atoms with Gasteiger partial charge in [0.1, 0.15) is 28.4 Å². The Morgan fingerprint density at radius 2 is 1.73 bits per heavy atom. The lowest BCUT2D eigenvalue weighted by Gasteiger charge is -2.49. The summed E-state index contributed by atoms with van der Waals surface area (Å²) < 4.78 is 11.5. The van der Waals surface area contributed by atoms with Crippen LogP contribution in [-0.2, 0) is 33.5 Å². The summed E-state index contributed by atoms with van der Waals surface area (Å²) in [6, 6.07) is 17.8. The SMILES string of the molecule is CSCC1=C(C(=O)OC(c2ccccc2)c2ccccc2)N2C(=O)C(NC(=O)C(=NOC(C)C(=O)OC(C)(C)C)c3csc(N)n3)[C@@H]2SC1. The number of nitrogen functional groups attached to an aromatic ring is 1. The highest BCUT2D eigenvalue weighted by atomic mass is 32.2. The lowest BCUT2D eigenvalue weighted by Crippen LogP contribution is -2.71. The van der Waals surface area contributed by atoms with Crippen LogP contribution in [0.2, 0.25) is 0 Å². The Labute approximate surface area is 296 Å². The minimum Gasteiger partial charge on any atom is -0.457 e. The summed E-state index contributed by atoms with van der Waals surface area (Å²) in [5.74, 6) is -1.58. The molecule has 1 fully saturated rings. The van der Waals surface area contributed by atoms with Crippen LogP contribution in [0.25, 0.3) is 0 Å². The molecule has 2 amide bonds. The average molecular weight is 724 g/mol. The summed E-state index contributed by atoms with van der Waals surface area (Å²) >= 11 is 4.05. The number of anilines is 1. The lowest BCUT2D eigenvalue weighted by atomic mass is 10.0. The van der Waals surface area contributed by atoms with Gasteiger partial charge in [0.15, 0.2) is 16.9 Å². The summed E-state index contributed by atoms with van der Waals surface area (Å²) in [7, 11) is 0. The molecule has 3 atom stereocenters. The van der Waals surface area contributed by atoms with Crippen LogP contribution in [0.5, 0.6) is 0 Å². The highest BCUT2D eigenvalue weighted by molar-refractivity contribution is 8.00. The summed E-state index contributed by atoms with van der Waals surface area (Å²) in [6.07, 6.45) is 0.0736. The van der Waals surface area contributed by atoms with E-state index in [1.54, 1.807) is 20.8 Å². The van der Waals surface area contributed by atoms with Crippen LogP contribution >= 0.6 is 34.9 Å². The topological polar surface area (TPSA) is 163 Å². The van der Waals surface area contributed by atoms with Crippen LogP contribution in [-0.4, -0.2) is 80.2 Å². The maximum absolute atomic E-state index is 14.0. The van der Waals surface area contributed by atoms with Crippen LogP contribution in [0.1, 0.15) is 50.6 Å². The highest BCUT2D eigenvalue weighted by Gasteiger charge is 2.55. The zero-order chi connectivity index (χ0) is 35.3. The predicted molar refractivity (Wildman–Crippen MR) is 191 cm³/mol. The van der Waals surface area contributed by atoms with Crippen LogP contribution in [0, 0.1) is 0 Å². The molecule has 15 heteroatoms. The molecule has 1 saturated heterocycles. The van der Waals surface area contributed by atoms with Crippen LogP contribution in [0.4, 0.5) is 5.13 Å². The van der Waals surface area contributed by atoms with E-state index in [1.165, 1.54) is 40.7 Å². The van der Waals surface area contributed by atoms with E-state index in [0.717, 1.165) is 28.0 Å². The fourth-order valence-corrected chi connectivity index (χ4v) is 7.68. The first-order valence-corrected chi connectivity index (χ1v) is 18.7. The number of thiazole rings is 1. The van der Waals surface area contributed by atoms with Crippen LogP contribution in [0.15, 0.2) is 82.5 Å². The van der Waals surface area contributed by atoms with Gasteiger partial charge >= 0.3 is 11.9 Å². The maximum Gasteiger partial charge on any atom is 0.356 e. The molecule has 258 valence electrons. The molecule has 49 heavy (non-hydrogen) atoms. The molecule has 5 rings (SSSR count). The number of amides is 2. The highest BCUT2D eigenvalue weighted by Crippen LogP contribution is 2.42. The number of carbonyl (C=O) groups excluding carboxylic acids is 4. The molecule has 0 aliphatic carbocycles. The molecular formula is C34H37N5O7S3. The van der Waals surface area contributed by atoms with Crippen LogP contribution < -0.4 is 11.1 Å². The van der Waals surface area contributed by atoms with Gasteiger partial charge in [0.25, 0.3) is 11.8 Å². The van der Waals surface area contributed by atoms with E-state index in [0.29, 0.717) is 11.5 Å². The summed E-state index contributed by atoms with van der Waals surface area (Å²) in [5.41, 5.74) is 7.41. The number of hydrogen-bond donors (Lipinski definition) is 2. The molecule has 2 aliphatic rings. The third-order valence-electron chi connectivity index (χ3n) is 7.30. The first-order valence-electron chi connectivity index (χ1n) is 15.3. The Morgan fingerprint density at radius 1 is 1.10 bits per heavy atom. The predicted octanol–water partition coefficient (Wildman–Crippen LogP) is 4.53. The van der Waals surface area contributed by atoms with E-state index in [4.69, 9.17) is 20.0 Å². The van der Waals surface area contributed by atoms with E-state index < -0.39 is 53.0 Å². The fraction of sp³-hybridized carbons (Fsp3) is 0.353. The van der Waals surface area contributed by atoms with Crippen molar-refractivity contribution in [3.63, 3.8) is 0 Å². The Bertz CT molecular complexity index is 1720. The van der Waals surface area contributed by atoms with E-state index >= 15 is 0 Å². The molecule has 0 radical (unpaired) electrons. The van der Waals surface area contributed by atoms with Gasteiger partial charge in [-0.25, -0.2) is 14.6 Å². The average Bonchev–Trinajstić information content (AvgIpc) is 3.51. The van der Waals surface area contributed by atoms with Crippen molar-refractivity contribution >= 4 is 69.5 Å². The van der Waals surface area contributed by atoms with Crippen LogP contribution in [0.3, 0.4) is 0 Å². The standard InChI is InChI=1S/C34H37N5O7S3/c1-19(31(42)45-34(2,3)4)46-38-24(23-18-49-33(35)36-23)28(40)37-25-29(41)39-26(22(16-47-5)17-48-30(25)39)32(43)44-27(20-12-8-6-9-13-20)21-14-10-7-11-15-21/h6-15,18-19,25,27,30H,16-17H2,1-5H3,(H2,35,36)(H,37,40)/t19?,25?,30-/m0/s1. The zero-order valence-corrected chi connectivity index (χ0v) is 30.0. The summed E-state index contributed by atoms with van der Waals surface area (Å²) in [4.78, 5) is 64.8. The number of hydrogen-bond acceptors (Lipinski definition) is 13. The number of nitrogens with two attached hydrogens (primary N) is 1. The molecule has 0 bridgehead atoms. The van der Waals surface area contributed by atoms with E-state index in [-0.39, 0.29) is 22.2 Å². The first kappa shape index (κ1) is 36.0. The van der Waals surface area contributed by atoms with Gasteiger partial charge in [-0.15, -0.1) is 23.1 Å². The number of β-lactam (4-membered cyclic amide) rings is 1. The number of carbonyl (C=O) groups is 4. The Morgan fingerprint density at radius 3 is 2.29 bits per heavy atom. The minimum absolute atomic E-state index is 0.107. The van der Waals surface area contributed by atoms with E-state index in [2.05, 4.69) is 15.5 Å². The molecule has 2 unspecified atom stereocenters. The van der Waals surface area contributed by atoms with Crippen molar-refractivity contribution in [2.24, 2.45) is 5.16 Å². The monoisotopic (exact) mass is 723 g/mol. The van der Waals surface area contributed by atoms with Gasteiger partial charge in [-0.05, 0) is 50.7 Å². The number of aromatic nitrogens is 1. The minimum atomic E-state index is -1.14. The molecular weight excluding hydrogens is 687 g/mol. The maximum atomic E-state index is 14.0. The number of benzene rings is 2. The zero-order valence-electron chi connectivity index (χ0n) is 27.6. The van der Waals surface area contributed by atoms with Crippen molar-refractivity contribution in [1.29, 1.82) is 0 Å². The summed E-state index contributed by atoms with van der Waals surface area (Å²) in [6.45, 7) is 6.59. The van der Waals surface area contributed by atoms with Crippen molar-refractivity contribution in [2.75, 3.05) is 23.5 Å². The van der Waals surface area contributed by atoms with E-state index in [1.807, 2.05) is 66.9 Å². The Balaban J connectivity index is 1.36. The molecule has 3 aromatic rings. The smallest absolute Gasteiger partial charge is 0.356 e. The second kappa shape index (κ2) is 15.5. The number of esters is 2. The van der Waals surface area contributed by atoms with Gasteiger partial charge in [0.2, 0.25) is 6.10 Å². The first-order chi connectivity index (χ1) is 23.4. The molecule has 0 saturated carbocycles. The molecule has 2 aromatic carbocycles. The number of oxime groups is 1. The van der Waals surface area contributed by atoms with Gasteiger partial charge < -0.3 is 25.4 Å². The number of fused-ring (bicyclic) bond motifs is 1.